The molecular weight excluding hydrogens is 338 g/mol. The summed E-state index contributed by atoms with van der Waals surface area (Å²) in [5.74, 6) is 0.707. The molecule has 2 rings (SSSR count). The molecule has 0 amide bonds. The third kappa shape index (κ3) is 4.25. The van der Waals surface area contributed by atoms with E-state index < -0.39 is 10.0 Å². The van der Waals surface area contributed by atoms with E-state index >= 15 is 0 Å². The second kappa shape index (κ2) is 6.96. The molecule has 0 aromatic heterocycles. The van der Waals surface area contributed by atoms with Crippen molar-refractivity contribution in [2.75, 3.05) is 18.9 Å². The molecule has 2 aromatic carbocycles. The minimum Gasteiger partial charge on any atom is -0.497 e. The first-order valence-electron chi connectivity index (χ1n) is 7.94. The summed E-state index contributed by atoms with van der Waals surface area (Å²) in [7, 11) is -0.893. The van der Waals surface area contributed by atoms with Gasteiger partial charge in [0.1, 0.15) is 16.4 Å². The van der Waals surface area contributed by atoms with Crippen LogP contribution in [0.5, 0.6) is 11.5 Å². The van der Waals surface area contributed by atoms with Crippen LogP contribution in [0.4, 0.5) is 5.69 Å². The van der Waals surface area contributed by atoms with Crippen molar-refractivity contribution in [3.63, 3.8) is 0 Å². The van der Waals surface area contributed by atoms with E-state index in [1.165, 1.54) is 20.3 Å². The van der Waals surface area contributed by atoms with E-state index in [2.05, 4.69) is 25.5 Å². The Balaban J connectivity index is 2.43. The zero-order valence-corrected chi connectivity index (χ0v) is 16.3. The molecule has 0 aliphatic carbocycles. The van der Waals surface area contributed by atoms with Crippen molar-refractivity contribution in [2.45, 2.75) is 38.0 Å². The van der Waals surface area contributed by atoms with Crippen molar-refractivity contribution >= 4 is 15.7 Å². The highest BCUT2D eigenvalue weighted by molar-refractivity contribution is 7.92. The summed E-state index contributed by atoms with van der Waals surface area (Å²) in [6.45, 7) is 8.24. The van der Waals surface area contributed by atoms with Crippen LogP contribution in [0.15, 0.2) is 41.3 Å². The van der Waals surface area contributed by atoms with Gasteiger partial charge in [0.25, 0.3) is 10.0 Å². The lowest BCUT2D eigenvalue weighted by molar-refractivity contribution is 0.392. The van der Waals surface area contributed by atoms with E-state index in [1.807, 2.05) is 19.1 Å². The van der Waals surface area contributed by atoms with E-state index in [0.29, 0.717) is 11.4 Å². The highest BCUT2D eigenvalue weighted by Gasteiger charge is 2.22. The number of benzene rings is 2. The largest absolute Gasteiger partial charge is 0.497 e. The highest BCUT2D eigenvalue weighted by Crippen LogP contribution is 2.31. The van der Waals surface area contributed by atoms with Gasteiger partial charge < -0.3 is 9.47 Å². The van der Waals surface area contributed by atoms with Gasteiger partial charge in [-0.3, -0.25) is 4.72 Å². The van der Waals surface area contributed by atoms with Crippen LogP contribution in [0.2, 0.25) is 0 Å². The molecule has 0 aliphatic heterocycles. The first-order valence-corrected chi connectivity index (χ1v) is 9.43. The van der Waals surface area contributed by atoms with Crippen LogP contribution in [0.25, 0.3) is 0 Å². The molecule has 0 bridgehead atoms. The van der Waals surface area contributed by atoms with E-state index in [-0.39, 0.29) is 16.1 Å². The van der Waals surface area contributed by atoms with Crippen molar-refractivity contribution < 1.29 is 17.9 Å². The fraction of sp³-hybridized carbons (Fsp3) is 0.368. The molecular formula is C19H25NO4S. The molecule has 0 heterocycles. The fourth-order valence-corrected chi connectivity index (χ4v) is 3.75. The molecule has 0 atom stereocenters. The molecule has 1 N–H and O–H groups in total. The summed E-state index contributed by atoms with van der Waals surface area (Å²) in [6, 6.07) is 10.4. The lowest BCUT2D eigenvalue weighted by Crippen LogP contribution is -2.16. The lowest BCUT2D eigenvalue weighted by atomic mass is 9.86. The number of hydrogen-bond donors (Lipinski definition) is 1. The Kier molecular flexibility index (Phi) is 5.32. The Hall–Kier alpha value is -2.21. The van der Waals surface area contributed by atoms with Gasteiger partial charge in [-0.15, -0.1) is 0 Å². The van der Waals surface area contributed by atoms with Gasteiger partial charge in [0, 0.05) is 6.07 Å². The van der Waals surface area contributed by atoms with Gasteiger partial charge in [-0.2, -0.15) is 0 Å². The molecule has 5 nitrogen and oxygen atoms in total. The maximum Gasteiger partial charge on any atom is 0.265 e. The maximum atomic E-state index is 12.8. The van der Waals surface area contributed by atoms with E-state index in [1.54, 1.807) is 18.2 Å². The molecule has 0 radical (unpaired) electrons. The normalized spacial score (nSPS) is 11.9. The number of nitrogens with one attached hydrogen (secondary N) is 1. The van der Waals surface area contributed by atoms with Gasteiger partial charge in [0.15, 0.2) is 0 Å². The predicted molar refractivity (Wildman–Crippen MR) is 100 cm³/mol. The van der Waals surface area contributed by atoms with E-state index in [9.17, 15) is 8.42 Å². The quantitative estimate of drug-likeness (QED) is 0.868. The summed E-state index contributed by atoms with van der Waals surface area (Å²) < 4.78 is 38.6. The molecule has 0 fully saturated rings. The third-order valence-electron chi connectivity index (χ3n) is 4.00. The molecule has 0 saturated heterocycles. The summed E-state index contributed by atoms with van der Waals surface area (Å²) in [4.78, 5) is 0.0358. The number of ether oxygens (including phenoxy) is 2. The molecule has 0 unspecified atom stereocenters. The van der Waals surface area contributed by atoms with Crippen LogP contribution in [0, 0.1) is 6.92 Å². The summed E-state index contributed by atoms with van der Waals surface area (Å²) in [6.07, 6.45) is 0. The Labute approximate surface area is 150 Å². The number of rotatable bonds is 5. The zero-order chi connectivity index (χ0) is 18.8. The fourth-order valence-electron chi connectivity index (χ4n) is 2.44. The van der Waals surface area contributed by atoms with Crippen LogP contribution in [0.1, 0.15) is 31.9 Å². The Morgan fingerprint density at radius 3 is 2.16 bits per heavy atom. The second-order valence-corrected chi connectivity index (χ2v) is 8.55. The van der Waals surface area contributed by atoms with Gasteiger partial charge in [-0.05, 0) is 41.7 Å². The number of hydrogen-bond acceptors (Lipinski definition) is 4. The summed E-state index contributed by atoms with van der Waals surface area (Å²) >= 11 is 0. The van der Waals surface area contributed by atoms with Crippen molar-refractivity contribution in [1.29, 1.82) is 0 Å². The van der Waals surface area contributed by atoms with Gasteiger partial charge >= 0.3 is 0 Å². The maximum absolute atomic E-state index is 12.8. The molecule has 6 heteroatoms. The van der Waals surface area contributed by atoms with Crippen LogP contribution in [-0.4, -0.2) is 22.6 Å². The molecule has 25 heavy (non-hydrogen) atoms. The minimum absolute atomic E-state index is 0.00180. The lowest BCUT2D eigenvalue weighted by Gasteiger charge is -2.21. The van der Waals surface area contributed by atoms with Crippen LogP contribution < -0.4 is 14.2 Å². The Morgan fingerprint density at radius 1 is 0.960 bits per heavy atom. The number of aryl methyl sites for hydroxylation is 1. The average Bonchev–Trinajstić information content (AvgIpc) is 2.55. The third-order valence-corrected chi connectivity index (χ3v) is 5.38. The van der Waals surface area contributed by atoms with Crippen LogP contribution >= 0.6 is 0 Å². The average molecular weight is 363 g/mol. The Morgan fingerprint density at radius 2 is 1.64 bits per heavy atom. The van der Waals surface area contributed by atoms with Crippen molar-refractivity contribution in [3.05, 3.63) is 47.5 Å². The smallest absolute Gasteiger partial charge is 0.265 e. The van der Waals surface area contributed by atoms with Crippen molar-refractivity contribution in [1.82, 2.24) is 0 Å². The van der Waals surface area contributed by atoms with Gasteiger partial charge in [-0.25, -0.2) is 8.42 Å². The Bertz CT molecular complexity index is 867. The zero-order valence-electron chi connectivity index (χ0n) is 15.5. The minimum atomic E-state index is -3.81. The molecule has 2 aromatic rings. The van der Waals surface area contributed by atoms with Gasteiger partial charge in [0.05, 0.1) is 19.9 Å². The number of anilines is 1. The predicted octanol–water partition coefficient (Wildman–Crippen LogP) is 4.11. The summed E-state index contributed by atoms with van der Waals surface area (Å²) in [5, 5.41) is 0. The first-order chi connectivity index (χ1) is 11.6. The van der Waals surface area contributed by atoms with Gasteiger partial charge in [-0.1, -0.05) is 32.9 Å². The van der Waals surface area contributed by atoms with Crippen LogP contribution in [-0.2, 0) is 15.4 Å². The van der Waals surface area contributed by atoms with Crippen LogP contribution in [0.3, 0.4) is 0 Å². The monoisotopic (exact) mass is 363 g/mol. The first kappa shape index (κ1) is 19.1. The second-order valence-electron chi connectivity index (χ2n) is 6.90. The SMILES string of the molecule is COc1ccc(OC)c(S(=O)(=O)Nc2ccc(C(C)(C)C)cc2C)c1. The summed E-state index contributed by atoms with van der Waals surface area (Å²) in [5.41, 5.74) is 2.54. The topological polar surface area (TPSA) is 64.6 Å². The molecule has 0 saturated carbocycles. The van der Waals surface area contributed by atoms with E-state index in [4.69, 9.17) is 9.47 Å². The number of methoxy groups -OCH3 is 2. The molecule has 0 aliphatic rings. The molecule has 136 valence electrons. The standard InChI is InChI=1S/C19H25NO4S/c1-13-11-14(19(2,3)4)7-9-16(13)20-25(21,22)18-12-15(23-5)8-10-17(18)24-6/h7-12,20H,1-6H3. The van der Waals surface area contributed by atoms with Crippen molar-refractivity contribution in [2.24, 2.45) is 0 Å². The van der Waals surface area contributed by atoms with E-state index in [0.717, 1.165) is 11.1 Å². The number of sulfonamides is 1. The van der Waals surface area contributed by atoms with Crippen molar-refractivity contribution in [3.8, 4) is 11.5 Å². The van der Waals surface area contributed by atoms with Gasteiger partial charge in [0.2, 0.25) is 0 Å². The highest BCUT2D eigenvalue weighted by atomic mass is 32.2. The molecule has 0 spiro atoms.